The molecule has 0 spiro atoms. The third-order valence-electron chi connectivity index (χ3n) is 2.93. The molecule has 1 aromatic heterocycles. The highest BCUT2D eigenvalue weighted by Gasteiger charge is 2.13. The Morgan fingerprint density at radius 2 is 2.05 bits per heavy atom. The quantitative estimate of drug-likeness (QED) is 0.765. The summed E-state index contributed by atoms with van der Waals surface area (Å²) in [7, 11) is 5.77. The van der Waals surface area contributed by atoms with E-state index in [0.717, 1.165) is 11.1 Å². The van der Waals surface area contributed by atoms with Crippen LogP contribution in [0.15, 0.2) is 23.0 Å². The van der Waals surface area contributed by atoms with Crippen molar-refractivity contribution in [2.24, 2.45) is 0 Å². The van der Waals surface area contributed by atoms with E-state index < -0.39 is 0 Å². The number of hydrogen-bond acceptors (Lipinski definition) is 3. The van der Waals surface area contributed by atoms with Crippen LogP contribution in [0, 0.1) is 0 Å². The Hall–Kier alpha value is -1.91. The normalized spacial score (nSPS) is 11.2. The predicted octanol–water partition coefficient (Wildman–Crippen LogP) is 0.903. The zero-order valence-corrected chi connectivity index (χ0v) is 11.3. The van der Waals surface area contributed by atoms with Gasteiger partial charge in [0.2, 0.25) is 0 Å². The largest absolute Gasteiger partial charge is 0.298 e. The van der Waals surface area contributed by atoms with Gasteiger partial charge in [-0.2, -0.15) is 5.10 Å². The first-order valence-electron chi connectivity index (χ1n) is 6.20. The van der Waals surface area contributed by atoms with Crippen molar-refractivity contribution in [3.8, 4) is 0 Å². The number of Topliss-reactive ketones (excluding diaryl/α,β-unsaturated/α-hetero) is 1. The summed E-state index contributed by atoms with van der Waals surface area (Å²) >= 11 is 0. The van der Waals surface area contributed by atoms with E-state index in [-0.39, 0.29) is 23.8 Å². The fraction of sp³-hybridized carbons (Fsp3) is 0.357. The zero-order valence-electron chi connectivity index (χ0n) is 11.3. The summed E-state index contributed by atoms with van der Waals surface area (Å²) in [5.41, 5.74) is 1.12. The van der Waals surface area contributed by atoms with Gasteiger partial charge in [0.15, 0.2) is 5.78 Å². The molecule has 2 rings (SSSR count). The summed E-state index contributed by atoms with van der Waals surface area (Å²) in [5.74, 6) is 0.0437. The molecule has 0 aliphatic heterocycles. The second-order valence-corrected chi connectivity index (χ2v) is 5.01. The van der Waals surface area contributed by atoms with Crippen LogP contribution in [0.4, 0.5) is 0 Å². The van der Waals surface area contributed by atoms with Gasteiger partial charge >= 0.3 is 0 Å². The number of rotatable bonds is 3. The van der Waals surface area contributed by atoms with Gasteiger partial charge in [-0.3, -0.25) is 9.59 Å². The van der Waals surface area contributed by atoms with Crippen LogP contribution in [-0.4, -0.2) is 23.4 Å². The smallest absolute Gasteiger partial charge is 0.275 e. The minimum Gasteiger partial charge on any atom is -0.298 e. The van der Waals surface area contributed by atoms with E-state index in [0.29, 0.717) is 10.8 Å². The van der Waals surface area contributed by atoms with Gasteiger partial charge in [0.1, 0.15) is 14.4 Å². The van der Waals surface area contributed by atoms with Crippen molar-refractivity contribution in [1.82, 2.24) is 9.78 Å². The maximum atomic E-state index is 12.3. The number of benzene rings is 1. The van der Waals surface area contributed by atoms with Crippen LogP contribution in [0.25, 0.3) is 10.8 Å². The number of carbonyl (C=O) groups is 1. The summed E-state index contributed by atoms with van der Waals surface area (Å²) in [6.45, 7) is 5.43. The fourth-order valence-corrected chi connectivity index (χ4v) is 2.07. The summed E-state index contributed by atoms with van der Waals surface area (Å²) < 4.78 is 1.23. The molecule has 5 heteroatoms. The van der Waals surface area contributed by atoms with Crippen molar-refractivity contribution in [3.63, 3.8) is 0 Å². The number of hydrogen-bond donors (Lipinski definition) is 0. The number of ketones is 1. The number of nitrogens with zero attached hydrogens (tertiary/aromatic N) is 2. The maximum Gasteiger partial charge on any atom is 0.275 e. The molecule has 0 amide bonds. The molecule has 2 radical (unpaired) electrons. The van der Waals surface area contributed by atoms with E-state index in [9.17, 15) is 9.59 Å². The van der Waals surface area contributed by atoms with Crippen LogP contribution in [0.5, 0.6) is 0 Å². The van der Waals surface area contributed by atoms with Gasteiger partial charge < -0.3 is 0 Å². The van der Waals surface area contributed by atoms with Crippen molar-refractivity contribution >= 4 is 29.9 Å². The predicted molar refractivity (Wildman–Crippen MR) is 76.2 cm³/mol. The lowest BCUT2D eigenvalue weighted by Gasteiger charge is -2.13. The Morgan fingerprint density at radius 1 is 1.37 bits per heavy atom. The average Bonchev–Trinajstić information content (AvgIpc) is 2.31. The highest BCUT2D eigenvalue weighted by atomic mass is 16.1. The van der Waals surface area contributed by atoms with Gasteiger partial charge in [-0.05, 0) is 18.9 Å². The summed E-state index contributed by atoms with van der Waals surface area (Å²) in [4.78, 5) is 23.5. The number of carbonyl (C=O) groups excluding carboxylic acids is 1. The zero-order chi connectivity index (χ0) is 14.2. The first kappa shape index (κ1) is 13.5. The molecule has 0 atom stereocenters. The molecule has 1 aromatic carbocycles. The molecular formula is C14H15BN2O2. The molecule has 0 saturated carbocycles. The van der Waals surface area contributed by atoms with Gasteiger partial charge in [-0.25, -0.2) is 4.68 Å². The van der Waals surface area contributed by atoms with Gasteiger partial charge in [0.25, 0.3) is 5.56 Å². The molecule has 0 saturated heterocycles. The van der Waals surface area contributed by atoms with Crippen molar-refractivity contribution < 1.29 is 4.79 Å². The Labute approximate surface area is 112 Å². The van der Waals surface area contributed by atoms with Crippen LogP contribution in [-0.2, 0) is 11.3 Å². The second-order valence-electron chi connectivity index (χ2n) is 5.01. The third kappa shape index (κ3) is 2.60. The van der Waals surface area contributed by atoms with E-state index in [1.165, 1.54) is 11.6 Å². The van der Waals surface area contributed by atoms with Crippen molar-refractivity contribution in [2.45, 2.75) is 33.2 Å². The Bertz CT molecular complexity index is 704. The topological polar surface area (TPSA) is 52.0 Å². The first-order chi connectivity index (χ1) is 8.90. The monoisotopic (exact) mass is 254 g/mol. The minimum absolute atomic E-state index is 0.00112. The highest BCUT2D eigenvalue weighted by Crippen LogP contribution is 2.19. The Kier molecular flexibility index (Phi) is 3.56. The van der Waals surface area contributed by atoms with Gasteiger partial charge in [0.05, 0.1) is 11.1 Å². The van der Waals surface area contributed by atoms with E-state index in [4.69, 9.17) is 7.85 Å². The Balaban J connectivity index is 2.82. The molecular weight excluding hydrogens is 239 g/mol. The lowest BCUT2D eigenvalue weighted by molar-refractivity contribution is -0.117. The van der Waals surface area contributed by atoms with E-state index >= 15 is 0 Å². The van der Waals surface area contributed by atoms with Gasteiger partial charge in [-0.15, -0.1) is 0 Å². The average molecular weight is 254 g/mol. The number of aromatic nitrogens is 2. The molecule has 0 N–H and O–H groups in total. The van der Waals surface area contributed by atoms with Gasteiger partial charge in [-0.1, -0.05) is 31.4 Å². The molecule has 0 aliphatic rings. The molecule has 96 valence electrons. The standard InChI is InChI=1S/C14H15BN2O2/c1-8(2)13-12-6-10(15)4-5-11(12)14(19)17(16-13)7-9(3)18/h4-6,8H,7H2,1-3H3. The molecule has 4 nitrogen and oxygen atoms in total. The first-order valence-corrected chi connectivity index (χ1v) is 6.20. The van der Waals surface area contributed by atoms with Crippen LogP contribution >= 0.6 is 0 Å². The maximum absolute atomic E-state index is 12.3. The SMILES string of the molecule is [B]c1ccc2c(=O)n(CC(C)=O)nc(C(C)C)c2c1. The Morgan fingerprint density at radius 3 is 2.63 bits per heavy atom. The summed E-state index contributed by atoms with van der Waals surface area (Å²) in [6.07, 6.45) is 0. The lowest BCUT2D eigenvalue weighted by atomic mass is 9.92. The molecule has 0 fully saturated rings. The number of fused-ring (bicyclic) bond motifs is 1. The third-order valence-corrected chi connectivity index (χ3v) is 2.93. The van der Waals surface area contributed by atoms with Crippen molar-refractivity contribution in [2.75, 3.05) is 0 Å². The molecule has 0 unspecified atom stereocenters. The van der Waals surface area contributed by atoms with Crippen LogP contribution < -0.4 is 11.0 Å². The van der Waals surface area contributed by atoms with Crippen molar-refractivity contribution in [1.29, 1.82) is 0 Å². The van der Waals surface area contributed by atoms with E-state index in [2.05, 4.69) is 5.10 Å². The lowest BCUT2D eigenvalue weighted by Crippen LogP contribution is -2.28. The minimum atomic E-state index is -0.255. The van der Waals surface area contributed by atoms with Crippen LogP contribution in [0.1, 0.15) is 32.4 Å². The van der Waals surface area contributed by atoms with E-state index in [1.54, 1.807) is 18.2 Å². The van der Waals surface area contributed by atoms with Crippen LogP contribution in [0.2, 0.25) is 0 Å². The molecule has 2 aromatic rings. The molecule has 0 aliphatic carbocycles. The summed E-state index contributed by atoms with van der Waals surface area (Å²) in [5, 5.41) is 5.62. The van der Waals surface area contributed by atoms with Gasteiger partial charge in [0, 0.05) is 5.39 Å². The highest BCUT2D eigenvalue weighted by molar-refractivity contribution is 6.33. The molecule has 19 heavy (non-hydrogen) atoms. The van der Waals surface area contributed by atoms with Crippen molar-refractivity contribution in [3.05, 3.63) is 34.2 Å². The fourth-order valence-electron chi connectivity index (χ4n) is 2.07. The second kappa shape index (κ2) is 5.00. The molecule has 1 heterocycles. The summed E-state index contributed by atoms with van der Waals surface area (Å²) in [6, 6.07) is 5.14. The van der Waals surface area contributed by atoms with E-state index in [1.807, 2.05) is 13.8 Å². The van der Waals surface area contributed by atoms with Crippen LogP contribution in [0.3, 0.4) is 0 Å². The molecule has 0 bridgehead atoms.